The van der Waals surface area contributed by atoms with Crippen molar-refractivity contribution < 1.29 is 0 Å². The van der Waals surface area contributed by atoms with Crippen molar-refractivity contribution in [3.8, 4) is 11.1 Å². The van der Waals surface area contributed by atoms with E-state index < -0.39 is 7.26 Å². The highest BCUT2D eigenvalue weighted by Gasteiger charge is 2.50. The van der Waals surface area contributed by atoms with Gasteiger partial charge in [-0.3, -0.25) is 0 Å². The molecule has 0 nitrogen and oxygen atoms in total. The first-order valence-electron chi connectivity index (χ1n) is 8.61. The highest BCUT2D eigenvalue weighted by atomic mass is 31.2. The van der Waals surface area contributed by atoms with Crippen LogP contribution in [0.5, 0.6) is 0 Å². The summed E-state index contributed by atoms with van der Waals surface area (Å²) in [5.74, 6) is 0. The SMILES string of the molecule is C[P+]1(c2ccc3ccccc3c2-c2cccc3ccccc23)CC1. The number of hydrogen-bond donors (Lipinski definition) is 0. The molecular weight excluding hydrogens is 307 g/mol. The Morgan fingerprint density at radius 3 is 2.00 bits per heavy atom. The van der Waals surface area contributed by atoms with Crippen molar-refractivity contribution in [2.45, 2.75) is 0 Å². The molecule has 0 aromatic heterocycles. The van der Waals surface area contributed by atoms with E-state index in [2.05, 4.69) is 85.5 Å². The molecule has 4 aromatic rings. The first-order valence-corrected chi connectivity index (χ1v) is 11.2. The Morgan fingerprint density at radius 2 is 1.25 bits per heavy atom. The average Bonchev–Trinajstić information content (AvgIpc) is 3.39. The van der Waals surface area contributed by atoms with Crippen LogP contribution < -0.4 is 5.30 Å². The second kappa shape index (κ2) is 5.16. The minimum atomic E-state index is -0.903. The van der Waals surface area contributed by atoms with E-state index in [0.29, 0.717) is 0 Å². The summed E-state index contributed by atoms with van der Waals surface area (Å²) in [6.45, 7) is 2.52. The number of benzene rings is 4. The van der Waals surface area contributed by atoms with E-state index in [0.717, 1.165) is 0 Å². The normalized spacial score (nSPS) is 15.7. The lowest BCUT2D eigenvalue weighted by molar-refractivity contribution is 1.70. The Morgan fingerprint density at radius 1 is 0.625 bits per heavy atom. The molecule has 0 unspecified atom stereocenters. The van der Waals surface area contributed by atoms with Gasteiger partial charge in [-0.15, -0.1) is 0 Å². The highest BCUT2D eigenvalue weighted by molar-refractivity contribution is 7.89. The molecule has 0 bridgehead atoms. The summed E-state index contributed by atoms with van der Waals surface area (Å²) in [6.07, 6.45) is 2.81. The fourth-order valence-electron chi connectivity index (χ4n) is 3.83. The summed E-state index contributed by atoms with van der Waals surface area (Å²) in [5.41, 5.74) is 2.88. The van der Waals surface area contributed by atoms with Crippen LogP contribution in [-0.4, -0.2) is 19.0 Å². The summed E-state index contributed by atoms with van der Waals surface area (Å²) in [7, 11) is -0.903. The molecule has 1 fully saturated rings. The standard InChI is InChI=1S/C23H20P/c1-24(15-16-24)22-14-13-18-8-3-5-11-20(18)23(22)21-12-6-9-17-7-2-4-10-19(17)21/h2-14H,15-16H2,1H3/q+1. The summed E-state index contributed by atoms with van der Waals surface area (Å²) in [4.78, 5) is 0. The van der Waals surface area contributed by atoms with Crippen molar-refractivity contribution in [1.29, 1.82) is 0 Å². The van der Waals surface area contributed by atoms with E-state index in [4.69, 9.17) is 0 Å². The maximum atomic E-state index is 2.52. The Hall–Kier alpha value is -2.17. The predicted molar refractivity (Wildman–Crippen MR) is 109 cm³/mol. The van der Waals surface area contributed by atoms with Gasteiger partial charge in [-0.05, 0) is 33.2 Å². The van der Waals surface area contributed by atoms with Gasteiger partial charge in [0.25, 0.3) is 0 Å². The van der Waals surface area contributed by atoms with Crippen molar-refractivity contribution in [1.82, 2.24) is 0 Å². The molecule has 0 amide bonds. The third-order valence-corrected chi connectivity index (χ3v) is 8.77. The van der Waals surface area contributed by atoms with Crippen molar-refractivity contribution in [2.24, 2.45) is 0 Å². The van der Waals surface area contributed by atoms with Crippen LogP contribution in [0.3, 0.4) is 0 Å². The van der Waals surface area contributed by atoms with Crippen LogP contribution in [0.25, 0.3) is 32.7 Å². The zero-order valence-corrected chi connectivity index (χ0v) is 14.8. The Kier molecular flexibility index (Phi) is 3.05. The molecule has 116 valence electrons. The number of fused-ring (bicyclic) bond motifs is 2. The summed E-state index contributed by atoms with van der Waals surface area (Å²) >= 11 is 0. The maximum Gasteiger partial charge on any atom is 0.102 e. The Bertz CT molecular complexity index is 1070. The van der Waals surface area contributed by atoms with E-state index in [1.807, 2.05) is 0 Å². The van der Waals surface area contributed by atoms with E-state index >= 15 is 0 Å². The predicted octanol–water partition coefficient (Wildman–Crippen LogP) is 5.95. The molecule has 0 aliphatic carbocycles. The fraction of sp³-hybridized carbons (Fsp3) is 0.130. The largest absolute Gasteiger partial charge is 0.102 e. The van der Waals surface area contributed by atoms with E-state index in [9.17, 15) is 0 Å². The second-order valence-corrected chi connectivity index (χ2v) is 11.2. The minimum Gasteiger partial charge on any atom is -0.0616 e. The van der Waals surface area contributed by atoms with Gasteiger partial charge in [-0.25, -0.2) is 0 Å². The van der Waals surface area contributed by atoms with Crippen molar-refractivity contribution in [2.75, 3.05) is 19.0 Å². The van der Waals surface area contributed by atoms with E-state index in [1.165, 1.54) is 45.0 Å². The molecule has 0 atom stereocenters. The third-order valence-electron chi connectivity index (χ3n) is 5.44. The first-order chi connectivity index (χ1) is 11.8. The molecule has 1 saturated heterocycles. The molecule has 1 aliphatic rings. The quantitative estimate of drug-likeness (QED) is 0.399. The minimum absolute atomic E-state index is 0.903. The molecule has 0 radical (unpaired) electrons. The number of rotatable bonds is 2. The molecule has 24 heavy (non-hydrogen) atoms. The fourth-order valence-corrected chi connectivity index (χ4v) is 6.72. The molecular formula is C23H20P+. The molecule has 4 aromatic carbocycles. The van der Waals surface area contributed by atoms with Gasteiger partial charge in [0.2, 0.25) is 0 Å². The molecule has 5 rings (SSSR count). The molecule has 1 heteroatoms. The Labute approximate surface area is 143 Å². The monoisotopic (exact) mass is 327 g/mol. The lowest BCUT2D eigenvalue weighted by atomic mass is 9.94. The third kappa shape index (κ3) is 2.10. The van der Waals surface area contributed by atoms with Gasteiger partial charge in [-0.2, -0.15) is 0 Å². The van der Waals surface area contributed by atoms with Crippen LogP contribution >= 0.6 is 7.26 Å². The molecule has 0 N–H and O–H groups in total. The average molecular weight is 327 g/mol. The van der Waals surface area contributed by atoms with E-state index in [1.54, 1.807) is 5.30 Å². The maximum absolute atomic E-state index is 2.52. The van der Waals surface area contributed by atoms with Crippen LogP contribution in [-0.2, 0) is 0 Å². The second-order valence-electron chi connectivity index (χ2n) is 7.05. The zero-order chi connectivity index (χ0) is 16.1. The first kappa shape index (κ1) is 14.2. The van der Waals surface area contributed by atoms with Gasteiger partial charge >= 0.3 is 0 Å². The van der Waals surface area contributed by atoms with Crippen LogP contribution in [0, 0.1) is 0 Å². The smallest absolute Gasteiger partial charge is 0.0616 e. The van der Waals surface area contributed by atoms with Gasteiger partial charge in [0.1, 0.15) is 5.30 Å². The van der Waals surface area contributed by atoms with Gasteiger partial charge in [-0.1, -0.05) is 72.8 Å². The lowest BCUT2D eigenvalue weighted by Crippen LogP contribution is -2.06. The van der Waals surface area contributed by atoms with Gasteiger partial charge in [0.05, 0.1) is 26.3 Å². The van der Waals surface area contributed by atoms with Crippen LogP contribution in [0.4, 0.5) is 0 Å². The summed E-state index contributed by atoms with van der Waals surface area (Å²) < 4.78 is 0. The summed E-state index contributed by atoms with van der Waals surface area (Å²) in [5, 5.41) is 7.06. The Balaban J connectivity index is 1.94. The van der Waals surface area contributed by atoms with Gasteiger partial charge < -0.3 is 0 Å². The van der Waals surface area contributed by atoms with Crippen molar-refractivity contribution >= 4 is 34.1 Å². The molecule has 1 aliphatic heterocycles. The number of hydrogen-bond acceptors (Lipinski definition) is 0. The highest BCUT2D eigenvalue weighted by Crippen LogP contribution is 2.69. The van der Waals surface area contributed by atoms with Gasteiger partial charge in [0.15, 0.2) is 0 Å². The van der Waals surface area contributed by atoms with Crippen LogP contribution in [0.15, 0.2) is 78.9 Å². The van der Waals surface area contributed by atoms with Crippen molar-refractivity contribution in [3.63, 3.8) is 0 Å². The molecule has 1 heterocycles. The van der Waals surface area contributed by atoms with Gasteiger partial charge in [0, 0.05) is 5.56 Å². The van der Waals surface area contributed by atoms with Crippen molar-refractivity contribution in [3.05, 3.63) is 78.9 Å². The summed E-state index contributed by atoms with van der Waals surface area (Å²) in [6, 6.07) is 29.1. The topological polar surface area (TPSA) is 0 Å². The molecule has 0 saturated carbocycles. The van der Waals surface area contributed by atoms with Crippen LogP contribution in [0.2, 0.25) is 0 Å². The molecule has 0 spiro atoms. The van der Waals surface area contributed by atoms with Crippen LogP contribution in [0.1, 0.15) is 0 Å². The zero-order valence-electron chi connectivity index (χ0n) is 13.9. The lowest BCUT2D eigenvalue weighted by Gasteiger charge is -2.15. The van der Waals surface area contributed by atoms with E-state index in [-0.39, 0.29) is 0 Å².